The Hall–Kier alpha value is -3.87. The van der Waals surface area contributed by atoms with Crippen molar-refractivity contribution in [2.24, 2.45) is 0 Å². The van der Waals surface area contributed by atoms with Gasteiger partial charge in [0.2, 0.25) is 0 Å². The van der Waals surface area contributed by atoms with Crippen molar-refractivity contribution in [2.75, 3.05) is 18.0 Å². The summed E-state index contributed by atoms with van der Waals surface area (Å²) in [6.07, 6.45) is 9.39. The Labute approximate surface area is 198 Å². The van der Waals surface area contributed by atoms with Crippen molar-refractivity contribution < 1.29 is 9.90 Å². The number of nitrogens with one attached hydrogen (secondary N) is 1. The average Bonchev–Trinajstić information content (AvgIpc) is 3.51. The Kier molecular flexibility index (Phi) is 4.98. The lowest BCUT2D eigenvalue weighted by molar-refractivity contribution is 0.140. The number of anilines is 1. The van der Waals surface area contributed by atoms with E-state index in [9.17, 15) is 9.90 Å². The number of amides is 1. The van der Waals surface area contributed by atoms with E-state index in [0.717, 1.165) is 65.8 Å². The Balaban J connectivity index is 1.48. The third kappa shape index (κ3) is 3.48. The number of rotatable bonds is 3. The number of aromatic nitrogens is 3. The van der Waals surface area contributed by atoms with Gasteiger partial charge in [-0.25, -0.2) is 9.78 Å². The quantitative estimate of drug-likeness (QED) is 0.439. The highest BCUT2D eigenvalue weighted by atomic mass is 16.4. The predicted molar refractivity (Wildman–Crippen MR) is 132 cm³/mol. The van der Waals surface area contributed by atoms with Gasteiger partial charge in [0.25, 0.3) is 0 Å². The van der Waals surface area contributed by atoms with Gasteiger partial charge in [-0.1, -0.05) is 6.07 Å². The van der Waals surface area contributed by atoms with E-state index >= 15 is 0 Å². The largest absolute Gasteiger partial charge is 0.465 e. The zero-order valence-electron chi connectivity index (χ0n) is 19.2. The van der Waals surface area contributed by atoms with Gasteiger partial charge in [0.05, 0.1) is 17.9 Å². The van der Waals surface area contributed by atoms with Crippen molar-refractivity contribution in [1.82, 2.24) is 19.9 Å². The maximum Gasteiger partial charge on any atom is 0.407 e. The van der Waals surface area contributed by atoms with Gasteiger partial charge in [-0.2, -0.15) is 0 Å². The molecule has 0 unspecified atom stereocenters. The van der Waals surface area contributed by atoms with E-state index in [1.807, 2.05) is 24.7 Å². The van der Waals surface area contributed by atoms with Crippen molar-refractivity contribution in [3.63, 3.8) is 0 Å². The first-order valence-electron chi connectivity index (χ1n) is 11.8. The number of hydrogen-bond donors (Lipinski definition) is 2. The molecule has 0 spiro atoms. The molecular formula is C27H27N5O2. The molecule has 3 aromatic heterocycles. The molecule has 1 saturated heterocycles. The maximum atomic E-state index is 12.0. The number of likely N-dealkylation sites (tertiary alicyclic amines) is 1. The topological polar surface area (TPSA) is 85.3 Å². The van der Waals surface area contributed by atoms with Crippen LogP contribution in [-0.4, -0.2) is 44.1 Å². The fourth-order valence-corrected chi connectivity index (χ4v) is 5.53. The van der Waals surface area contributed by atoms with Crippen LogP contribution in [0.15, 0.2) is 55.1 Å². The minimum Gasteiger partial charge on any atom is -0.465 e. The van der Waals surface area contributed by atoms with Crippen LogP contribution in [0, 0.1) is 6.92 Å². The number of aryl methyl sites for hydroxylation is 1. The standard InChI is InChI=1S/C27H27N5O2/c1-17-13-29-26-22(17)12-20(14-30-26)19-10-18-6-9-31(21-4-2-7-28-15-21)16-24(18)23(11-19)25-5-3-8-32(25)27(33)34/h2,4,7,10-15,25H,3,5-6,8-9,16H2,1H3,(H,29,30)(H,33,34)/t25-/m0/s1. The molecular weight excluding hydrogens is 426 g/mol. The number of pyridine rings is 2. The number of nitrogens with zero attached hydrogens (tertiary/aromatic N) is 4. The number of H-pyrrole nitrogens is 1. The lowest BCUT2D eigenvalue weighted by Crippen LogP contribution is -2.34. The Morgan fingerprint density at radius 2 is 2.09 bits per heavy atom. The summed E-state index contributed by atoms with van der Waals surface area (Å²) in [5, 5.41) is 11.0. The third-order valence-electron chi connectivity index (χ3n) is 7.32. The van der Waals surface area contributed by atoms with Gasteiger partial charge >= 0.3 is 6.09 Å². The summed E-state index contributed by atoms with van der Waals surface area (Å²) in [5.74, 6) is 0. The fourth-order valence-electron chi connectivity index (χ4n) is 5.53. The second kappa shape index (κ2) is 8.17. The van der Waals surface area contributed by atoms with Crippen LogP contribution >= 0.6 is 0 Å². The molecule has 34 heavy (non-hydrogen) atoms. The Bertz CT molecular complexity index is 1380. The highest BCUT2D eigenvalue weighted by Crippen LogP contribution is 2.40. The van der Waals surface area contributed by atoms with Crippen molar-refractivity contribution in [3.05, 3.63) is 77.4 Å². The SMILES string of the molecule is Cc1c[nH]c2ncc(-c3cc4c(c([C@@H]5CCCN5C(=O)O)c3)CN(c3cccnc3)CC4)cc12. The third-order valence-corrected chi connectivity index (χ3v) is 7.32. The van der Waals surface area contributed by atoms with Crippen LogP contribution in [0.3, 0.4) is 0 Å². The summed E-state index contributed by atoms with van der Waals surface area (Å²) in [4.78, 5) is 28.1. The van der Waals surface area contributed by atoms with Crippen LogP contribution in [0.2, 0.25) is 0 Å². The zero-order valence-corrected chi connectivity index (χ0v) is 19.2. The molecule has 5 heterocycles. The number of carboxylic acid groups (broad SMARTS) is 1. The Morgan fingerprint density at radius 3 is 2.91 bits per heavy atom. The zero-order chi connectivity index (χ0) is 23.2. The van der Waals surface area contributed by atoms with Gasteiger partial charge in [0.15, 0.2) is 0 Å². The second-order valence-corrected chi connectivity index (χ2v) is 9.31. The second-order valence-electron chi connectivity index (χ2n) is 9.31. The molecule has 2 N–H and O–H groups in total. The Morgan fingerprint density at radius 1 is 1.18 bits per heavy atom. The van der Waals surface area contributed by atoms with Crippen molar-refractivity contribution in [2.45, 2.75) is 38.8 Å². The van der Waals surface area contributed by atoms with Crippen LogP contribution in [0.1, 0.15) is 41.1 Å². The highest BCUT2D eigenvalue weighted by Gasteiger charge is 2.33. The van der Waals surface area contributed by atoms with Gasteiger partial charge in [-0.3, -0.25) is 4.98 Å². The summed E-state index contributed by atoms with van der Waals surface area (Å²) in [6.45, 7) is 4.33. The van der Waals surface area contributed by atoms with Crippen molar-refractivity contribution in [1.29, 1.82) is 0 Å². The van der Waals surface area contributed by atoms with Crippen LogP contribution in [-0.2, 0) is 13.0 Å². The first-order valence-corrected chi connectivity index (χ1v) is 11.8. The number of benzene rings is 1. The first kappa shape index (κ1) is 20.7. The van der Waals surface area contributed by atoms with Crippen molar-refractivity contribution in [3.8, 4) is 11.1 Å². The number of hydrogen-bond acceptors (Lipinski definition) is 4. The van der Waals surface area contributed by atoms with Crippen LogP contribution < -0.4 is 4.90 Å². The molecule has 7 nitrogen and oxygen atoms in total. The minimum absolute atomic E-state index is 0.120. The molecule has 0 saturated carbocycles. The summed E-state index contributed by atoms with van der Waals surface area (Å²) in [6, 6.07) is 10.6. The summed E-state index contributed by atoms with van der Waals surface area (Å²) < 4.78 is 0. The lowest BCUT2D eigenvalue weighted by atomic mass is 9.86. The first-order chi connectivity index (χ1) is 16.6. The predicted octanol–water partition coefficient (Wildman–Crippen LogP) is 5.31. The molecule has 7 heteroatoms. The summed E-state index contributed by atoms with van der Waals surface area (Å²) in [7, 11) is 0. The van der Waals surface area contributed by atoms with E-state index < -0.39 is 6.09 Å². The monoisotopic (exact) mass is 453 g/mol. The van der Waals surface area contributed by atoms with Gasteiger partial charge in [0.1, 0.15) is 5.65 Å². The maximum absolute atomic E-state index is 12.0. The molecule has 1 fully saturated rings. The van der Waals surface area contributed by atoms with E-state index in [-0.39, 0.29) is 6.04 Å². The summed E-state index contributed by atoms with van der Waals surface area (Å²) >= 11 is 0. The molecule has 1 amide bonds. The molecule has 2 aliphatic heterocycles. The smallest absolute Gasteiger partial charge is 0.407 e. The van der Waals surface area contributed by atoms with E-state index in [2.05, 4.69) is 51.0 Å². The number of carbonyl (C=O) groups is 1. The number of fused-ring (bicyclic) bond motifs is 2. The van der Waals surface area contributed by atoms with E-state index in [1.165, 1.54) is 16.7 Å². The van der Waals surface area contributed by atoms with Gasteiger partial charge < -0.3 is 19.9 Å². The molecule has 2 aliphatic rings. The lowest BCUT2D eigenvalue weighted by Gasteiger charge is -2.34. The molecule has 4 aromatic rings. The van der Waals surface area contributed by atoms with E-state index in [4.69, 9.17) is 0 Å². The van der Waals surface area contributed by atoms with Gasteiger partial charge in [0, 0.05) is 49.2 Å². The molecule has 172 valence electrons. The van der Waals surface area contributed by atoms with Crippen LogP contribution in [0.25, 0.3) is 22.2 Å². The molecule has 0 bridgehead atoms. The van der Waals surface area contributed by atoms with Crippen LogP contribution in [0.4, 0.5) is 10.5 Å². The molecule has 1 atom stereocenters. The molecule has 6 rings (SSSR count). The molecule has 0 radical (unpaired) electrons. The van der Waals surface area contributed by atoms with Gasteiger partial charge in [-0.05, 0) is 78.3 Å². The van der Waals surface area contributed by atoms with Crippen molar-refractivity contribution >= 4 is 22.8 Å². The van der Waals surface area contributed by atoms with Gasteiger partial charge in [-0.15, -0.1) is 0 Å². The minimum atomic E-state index is -0.840. The van der Waals surface area contributed by atoms with E-state index in [1.54, 1.807) is 11.1 Å². The molecule has 1 aromatic carbocycles. The highest BCUT2D eigenvalue weighted by molar-refractivity contribution is 5.84. The van der Waals surface area contributed by atoms with Crippen LogP contribution in [0.5, 0.6) is 0 Å². The number of aromatic amines is 1. The van der Waals surface area contributed by atoms with E-state index in [0.29, 0.717) is 6.54 Å². The molecule has 0 aliphatic carbocycles. The fraction of sp³-hybridized carbons (Fsp3) is 0.296. The summed E-state index contributed by atoms with van der Waals surface area (Å²) in [5.41, 5.74) is 9.01. The normalized spacial score (nSPS) is 17.9. The average molecular weight is 454 g/mol.